The average molecular weight is 390 g/mol. The highest BCUT2D eigenvalue weighted by Crippen LogP contribution is 2.45. The van der Waals surface area contributed by atoms with Crippen molar-refractivity contribution in [2.45, 2.75) is 31.3 Å². The van der Waals surface area contributed by atoms with Crippen LogP contribution < -0.4 is 4.74 Å². The van der Waals surface area contributed by atoms with Crippen LogP contribution in [0.4, 0.5) is 0 Å². The molecule has 1 saturated carbocycles. The summed E-state index contributed by atoms with van der Waals surface area (Å²) in [5, 5.41) is 14.3. The molecule has 0 heterocycles. The van der Waals surface area contributed by atoms with Crippen LogP contribution in [-0.2, 0) is 5.60 Å². The summed E-state index contributed by atoms with van der Waals surface area (Å²) in [7, 11) is 5.89. The first-order valence-corrected chi connectivity index (χ1v) is 10.6. The molecule has 2 unspecified atom stereocenters. The van der Waals surface area contributed by atoms with Crippen molar-refractivity contribution in [2.24, 2.45) is 5.92 Å². The Morgan fingerprint density at radius 3 is 2.55 bits per heavy atom. The maximum atomic E-state index is 11.9. The molecule has 0 spiro atoms. The molecule has 3 aromatic carbocycles. The Kier molecular flexibility index (Phi) is 5.62. The van der Waals surface area contributed by atoms with Gasteiger partial charge in [-0.3, -0.25) is 0 Å². The zero-order valence-corrected chi connectivity index (χ0v) is 17.7. The molecule has 3 nitrogen and oxygen atoms in total. The third-order valence-corrected chi connectivity index (χ3v) is 6.37. The number of hydrogen-bond donors (Lipinski definition) is 1. The number of benzene rings is 3. The van der Waals surface area contributed by atoms with Crippen molar-refractivity contribution in [3.05, 3.63) is 66.2 Å². The highest BCUT2D eigenvalue weighted by atomic mass is 16.5. The van der Waals surface area contributed by atoms with Crippen LogP contribution in [0.25, 0.3) is 21.9 Å². The predicted molar refractivity (Wildman–Crippen MR) is 120 cm³/mol. The Bertz CT molecular complexity index is 997. The van der Waals surface area contributed by atoms with Gasteiger partial charge in [0, 0.05) is 12.5 Å². The smallest absolute Gasteiger partial charge is 0.119 e. The maximum absolute atomic E-state index is 11.9. The molecule has 4 rings (SSSR count). The number of methoxy groups -OCH3 is 1. The number of fused-ring (bicyclic) bond motifs is 1. The number of rotatable bonds is 5. The van der Waals surface area contributed by atoms with Crippen molar-refractivity contribution in [3.8, 4) is 16.9 Å². The molecule has 152 valence electrons. The molecule has 1 fully saturated rings. The monoisotopic (exact) mass is 389 g/mol. The molecule has 0 saturated heterocycles. The van der Waals surface area contributed by atoms with Crippen LogP contribution in [0, 0.1) is 5.92 Å². The second-order valence-electron chi connectivity index (χ2n) is 8.60. The Morgan fingerprint density at radius 2 is 1.76 bits per heavy atom. The van der Waals surface area contributed by atoms with E-state index in [1.54, 1.807) is 7.11 Å². The summed E-state index contributed by atoms with van der Waals surface area (Å²) in [6, 6.07) is 21.1. The fourth-order valence-electron chi connectivity index (χ4n) is 4.90. The van der Waals surface area contributed by atoms with E-state index in [1.807, 2.05) is 6.07 Å². The molecule has 2 atom stereocenters. The lowest BCUT2D eigenvalue weighted by molar-refractivity contribution is -0.0614. The third kappa shape index (κ3) is 3.90. The van der Waals surface area contributed by atoms with E-state index in [0.717, 1.165) is 53.6 Å². The van der Waals surface area contributed by atoms with Gasteiger partial charge in [-0.15, -0.1) is 0 Å². The molecule has 0 aromatic heterocycles. The van der Waals surface area contributed by atoms with E-state index in [0.29, 0.717) is 0 Å². The predicted octanol–water partition coefficient (Wildman–Crippen LogP) is 5.45. The lowest BCUT2D eigenvalue weighted by atomic mass is 9.69. The van der Waals surface area contributed by atoms with Gasteiger partial charge in [-0.25, -0.2) is 0 Å². The summed E-state index contributed by atoms with van der Waals surface area (Å²) in [6.07, 6.45) is 4.17. The van der Waals surface area contributed by atoms with Crippen LogP contribution in [0.5, 0.6) is 5.75 Å². The summed E-state index contributed by atoms with van der Waals surface area (Å²) in [6.45, 7) is 0.905. The fourth-order valence-corrected chi connectivity index (χ4v) is 4.90. The van der Waals surface area contributed by atoms with Gasteiger partial charge in [0.15, 0.2) is 0 Å². The molecule has 3 heteroatoms. The highest BCUT2D eigenvalue weighted by molar-refractivity contribution is 5.89. The minimum Gasteiger partial charge on any atom is -0.497 e. The lowest BCUT2D eigenvalue weighted by Gasteiger charge is -2.42. The molecule has 1 aliphatic carbocycles. The zero-order valence-electron chi connectivity index (χ0n) is 17.7. The Hall–Kier alpha value is -2.36. The highest BCUT2D eigenvalue weighted by Gasteiger charge is 2.41. The second kappa shape index (κ2) is 8.17. The molecule has 0 bridgehead atoms. The standard InChI is InChI=1S/C26H31NO2/c1-27(2)18-22-8-6-7-15-26(22,28)25-10-5-4-9-24(25)21-12-11-20-17-23(29-3)14-13-19(20)16-21/h4-5,9-14,16-17,22,28H,6-8,15,18H2,1-3H3. The average Bonchev–Trinajstić information content (AvgIpc) is 2.74. The van der Waals surface area contributed by atoms with E-state index in [9.17, 15) is 5.11 Å². The van der Waals surface area contributed by atoms with Crippen LogP contribution >= 0.6 is 0 Å². The molecular formula is C26H31NO2. The van der Waals surface area contributed by atoms with Gasteiger partial charge in [-0.1, -0.05) is 55.3 Å². The van der Waals surface area contributed by atoms with Gasteiger partial charge >= 0.3 is 0 Å². The van der Waals surface area contributed by atoms with Crippen LogP contribution in [0.2, 0.25) is 0 Å². The quantitative estimate of drug-likeness (QED) is 0.629. The molecule has 1 aliphatic rings. The summed E-state index contributed by atoms with van der Waals surface area (Å²) >= 11 is 0. The van der Waals surface area contributed by atoms with Gasteiger partial charge in [0.25, 0.3) is 0 Å². The van der Waals surface area contributed by atoms with Crippen LogP contribution in [-0.4, -0.2) is 37.8 Å². The zero-order chi connectivity index (χ0) is 20.4. The summed E-state index contributed by atoms with van der Waals surface area (Å²) in [5.74, 6) is 1.12. The maximum Gasteiger partial charge on any atom is 0.119 e. The van der Waals surface area contributed by atoms with E-state index < -0.39 is 5.60 Å². The third-order valence-electron chi connectivity index (χ3n) is 6.37. The molecule has 3 aromatic rings. The summed E-state index contributed by atoms with van der Waals surface area (Å²) in [5.41, 5.74) is 2.58. The number of aliphatic hydroxyl groups is 1. The summed E-state index contributed by atoms with van der Waals surface area (Å²) < 4.78 is 5.36. The minimum atomic E-state index is -0.784. The van der Waals surface area contributed by atoms with Crippen LogP contribution in [0.15, 0.2) is 60.7 Å². The van der Waals surface area contributed by atoms with E-state index >= 15 is 0 Å². The molecule has 0 aliphatic heterocycles. The van der Waals surface area contributed by atoms with Crippen molar-refractivity contribution >= 4 is 10.8 Å². The largest absolute Gasteiger partial charge is 0.497 e. The van der Waals surface area contributed by atoms with Crippen molar-refractivity contribution < 1.29 is 9.84 Å². The second-order valence-corrected chi connectivity index (χ2v) is 8.60. The topological polar surface area (TPSA) is 32.7 Å². The van der Waals surface area contributed by atoms with Gasteiger partial charge in [0.2, 0.25) is 0 Å². The van der Waals surface area contributed by atoms with Crippen molar-refractivity contribution in [2.75, 3.05) is 27.7 Å². The molecule has 1 N–H and O–H groups in total. The van der Waals surface area contributed by atoms with Crippen LogP contribution in [0.3, 0.4) is 0 Å². The lowest BCUT2D eigenvalue weighted by Crippen LogP contribution is -2.43. The van der Waals surface area contributed by atoms with Crippen molar-refractivity contribution in [1.82, 2.24) is 4.90 Å². The van der Waals surface area contributed by atoms with E-state index in [-0.39, 0.29) is 5.92 Å². The van der Waals surface area contributed by atoms with Crippen LogP contribution in [0.1, 0.15) is 31.2 Å². The van der Waals surface area contributed by atoms with Crippen molar-refractivity contribution in [3.63, 3.8) is 0 Å². The van der Waals surface area contributed by atoms with E-state index in [4.69, 9.17) is 4.74 Å². The van der Waals surface area contributed by atoms with Gasteiger partial charge in [-0.2, -0.15) is 0 Å². The number of ether oxygens (including phenoxy) is 1. The first-order chi connectivity index (χ1) is 14.0. The van der Waals surface area contributed by atoms with Gasteiger partial charge in [0.05, 0.1) is 12.7 Å². The SMILES string of the molecule is COc1ccc2cc(-c3ccccc3C3(O)CCCCC3CN(C)C)ccc2c1. The van der Waals surface area contributed by atoms with Gasteiger partial charge < -0.3 is 14.7 Å². The first-order valence-electron chi connectivity index (χ1n) is 10.6. The molecule has 0 amide bonds. The molecule has 29 heavy (non-hydrogen) atoms. The number of hydrogen-bond acceptors (Lipinski definition) is 3. The van der Waals surface area contributed by atoms with Crippen molar-refractivity contribution in [1.29, 1.82) is 0 Å². The fraction of sp³-hybridized carbons (Fsp3) is 0.385. The Labute approximate surface area is 173 Å². The van der Waals surface area contributed by atoms with Gasteiger partial charge in [-0.05, 0) is 72.6 Å². The Balaban J connectivity index is 1.79. The first kappa shape index (κ1) is 19.9. The van der Waals surface area contributed by atoms with Gasteiger partial charge in [0.1, 0.15) is 5.75 Å². The number of nitrogens with zero attached hydrogens (tertiary/aromatic N) is 1. The Morgan fingerprint density at radius 1 is 1.00 bits per heavy atom. The molecular weight excluding hydrogens is 358 g/mol. The molecule has 0 radical (unpaired) electrons. The minimum absolute atomic E-state index is 0.247. The van der Waals surface area contributed by atoms with E-state index in [2.05, 4.69) is 73.6 Å². The summed E-state index contributed by atoms with van der Waals surface area (Å²) in [4.78, 5) is 2.20. The normalized spacial score (nSPS) is 22.2. The van der Waals surface area contributed by atoms with E-state index in [1.165, 1.54) is 11.8 Å².